The van der Waals surface area contributed by atoms with Crippen LogP contribution < -0.4 is 5.01 Å². The maximum atomic E-state index is 12.9. The third-order valence-electron chi connectivity index (χ3n) is 4.79. The first-order valence-corrected chi connectivity index (χ1v) is 10.5. The molecule has 0 fully saturated rings. The summed E-state index contributed by atoms with van der Waals surface area (Å²) in [5.74, 6) is 0.308. The van der Waals surface area contributed by atoms with Crippen molar-refractivity contribution in [3.8, 4) is 11.3 Å². The minimum Gasteiger partial charge on any atom is -0.459 e. The van der Waals surface area contributed by atoms with Crippen molar-refractivity contribution in [1.82, 2.24) is 0 Å². The minimum absolute atomic E-state index is 0.225. The number of anilines is 1. The molecule has 0 aliphatic carbocycles. The van der Waals surface area contributed by atoms with Crippen LogP contribution in [-0.2, 0) is 9.53 Å². The molecule has 0 unspecified atom stereocenters. The molecule has 3 aromatic rings. The predicted molar refractivity (Wildman–Crippen MR) is 125 cm³/mol. The van der Waals surface area contributed by atoms with Gasteiger partial charge in [0.2, 0.25) is 0 Å². The number of furan rings is 1. The Bertz CT molecular complexity index is 1240. The van der Waals surface area contributed by atoms with Gasteiger partial charge in [0.05, 0.1) is 33.7 Å². The van der Waals surface area contributed by atoms with E-state index in [1.165, 1.54) is 5.01 Å². The second kappa shape index (κ2) is 8.85. The molecule has 0 atom stereocenters. The van der Waals surface area contributed by atoms with Gasteiger partial charge >= 0.3 is 5.97 Å². The minimum atomic E-state index is -0.495. The summed E-state index contributed by atoms with van der Waals surface area (Å²) < 4.78 is 11.2. The zero-order valence-electron chi connectivity index (χ0n) is 17.8. The molecular formula is C25H21ClN2O4. The Balaban J connectivity index is 1.60. The van der Waals surface area contributed by atoms with E-state index in [0.29, 0.717) is 39.1 Å². The SMILES string of the molecule is CC1=NN(c2ccccc2)C(=O)/C1=C\c1ccc(-c2ccc(Cl)c(C(=O)OC(C)C)c2)o1. The summed E-state index contributed by atoms with van der Waals surface area (Å²) >= 11 is 6.18. The zero-order valence-corrected chi connectivity index (χ0v) is 18.6. The number of nitrogens with zero attached hydrogens (tertiary/aromatic N) is 2. The van der Waals surface area contributed by atoms with Gasteiger partial charge in [0, 0.05) is 5.56 Å². The van der Waals surface area contributed by atoms with Crippen LogP contribution in [0.3, 0.4) is 0 Å². The molecule has 1 amide bonds. The molecule has 6 nitrogen and oxygen atoms in total. The summed E-state index contributed by atoms with van der Waals surface area (Å²) in [7, 11) is 0. The van der Waals surface area contributed by atoms with Crippen LogP contribution in [-0.4, -0.2) is 23.7 Å². The van der Waals surface area contributed by atoms with E-state index < -0.39 is 5.97 Å². The van der Waals surface area contributed by atoms with Crippen molar-refractivity contribution in [2.75, 3.05) is 5.01 Å². The van der Waals surface area contributed by atoms with Crippen LogP contribution in [0.5, 0.6) is 0 Å². The van der Waals surface area contributed by atoms with Gasteiger partial charge in [0.1, 0.15) is 11.5 Å². The summed E-state index contributed by atoms with van der Waals surface area (Å²) in [6.07, 6.45) is 1.41. The zero-order chi connectivity index (χ0) is 22.8. The highest BCUT2D eigenvalue weighted by Gasteiger charge is 2.29. The van der Waals surface area contributed by atoms with E-state index in [1.807, 2.05) is 30.3 Å². The Morgan fingerprint density at radius 1 is 1.12 bits per heavy atom. The lowest BCUT2D eigenvalue weighted by Crippen LogP contribution is -2.21. The van der Waals surface area contributed by atoms with Gasteiger partial charge in [-0.2, -0.15) is 10.1 Å². The average molecular weight is 449 g/mol. The highest BCUT2D eigenvalue weighted by molar-refractivity contribution is 6.33. The molecule has 32 heavy (non-hydrogen) atoms. The average Bonchev–Trinajstić information content (AvgIpc) is 3.34. The number of rotatable bonds is 5. The lowest BCUT2D eigenvalue weighted by molar-refractivity contribution is -0.114. The van der Waals surface area contributed by atoms with E-state index >= 15 is 0 Å². The van der Waals surface area contributed by atoms with Crippen molar-refractivity contribution in [3.63, 3.8) is 0 Å². The van der Waals surface area contributed by atoms with Gasteiger partial charge in [-0.25, -0.2) is 4.79 Å². The number of esters is 1. The first-order chi connectivity index (χ1) is 15.3. The molecule has 162 valence electrons. The van der Waals surface area contributed by atoms with E-state index in [4.69, 9.17) is 20.8 Å². The predicted octanol–water partition coefficient (Wildman–Crippen LogP) is 5.97. The standard InChI is InChI=1S/C25H21ClN2O4/c1-15(2)31-25(30)21-13-17(9-11-22(21)26)23-12-10-19(32-23)14-20-16(3)27-28(24(20)29)18-7-5-4-6-8-18/h4-15H,1-3H3/b20-14-. The topological polar surface area (TPSA) is 72.1 Å². The molecule has 4 rings (SSSR count). The molecule has 0 saturated carbocycles. The third kappa shape index (κ3) is 4.36. The van der Waals surface area contributed by atoms with Gasteiger partial charge in [-0.3, -0.25) is 4.79 Å². The Kier molecular flexibility index (Phi) is 5.97. The largest absolute Gasteiger partial charge is 0.459 e. The van der Waals surface area contributed by atoms with Crippen LogP contribution in [0.1, 0.15) is 36.9 Å². The first-order valence-electron chi connectivity index (χ1n) is 10.1. The number of carbonyl (C=O) groups excluding carboxylic acids is 2. The second-order valence-corrected chi connectivity index (χ2v) is 7.95. The van der Waals surface area contributed by atoms with Crippen molar-refractivity contribution < 1.29 is 18.7 Å². The van der Waals surface area contributed by atoms with E-state index in [-0.39, 0.29) is 17.6 Å². The van der Waals surface area contributed by atoms with Gasteiger partial charge in [-0.05, 0) is 69.3 Å². The quantitative estimate of drug-likeness (QED) is 0.356. The summed E-state index contributed by atoms with van der Waals surface area (Å²) in [5, 5.41) is 6.05. The number of hydrogen-bond acceptors (Lipinski definition) is 5. The van der Waals surface area contributed by atoms with Gasteiger partial charge in [0.15, 0.2) is 0 Å². The van der Waals surface area contributed by atoms with Crippen molar-refractivity contribution in [3.05, 3.63) is 82.6 Å². The molecule has 0 spiro atoms. The number of halogens is 1. The summed E-state index contributed by atoms with van der Waals surface area (Å²) in [5.41, 5.74) is 2.68. The number of hydrazone groups is 1. The molecule has 0 N–H and O–H groups in total. The summed E-state index contributed by atoms with van der Waals surface area (Å²) in [6.45, 7) is 5.33. The van der Waals surface area contributed by atoms with Crippen molar-refractivity contribution in [2.24, 2.45) is 5.10 Å². The summed E-state index contributed by atoms with van der Waals surface area (Å²) in [6, 6.07) is 17.8. The highest BCUT2D eigenvalue weighted by atomic mass is 35.5. The molecule has 0 bridgehead atoms. The maximum Gasteiger partial charge on any atom is 0.339 e. The molecule has 1 aliphatic rings. The van der Waals surface area contributed by atoms with Gasteiger partial charge < -0.3 is 9.15 Å². The Labute approximate surface area is 190 Å². The van der Waals surface area contributed by atoms with Crippen LogP contribution in [0.4, 0.5) is 5.69 Å². The van der Waals surface area contributed by atoms with E-state index in [1.54, 1.807) is 57.2 Å². The van der Waals surface area contributed by atoms with Crippen LogP contribution in [0, 0.1) is 0 Å². The van der Waals surface area contributed by atoms with Gasteiger partial charge in [-0.15, -0.1) is 0 Å². The van der Waals surface area contributed by atoms with Crippen molar-refractivity contribution in [1.29, 1.82) is 0 Å². The molecule has 1 aromatic heterocycles. The van der Waals surface area contributed by atoms with Crippen LogP contribution in [0.25, 0.3) is 17.4 Å². The molecule has 0 saturated heterocycles. The van der Waals surface area contributed by atoms with Crippen LogP contribution in [0.2, 0.25) is 5.02 Å². The molecule has 1 aliphatic heterocycles. The molecule has 0 radical (unpaired) electrons. The lowest BCUT2D eigenvalue weighted by Gasteiger charge is -2.10. The van der Waals surface area contributed by atoms with E-state index in [2.05, 4.69) is 5.10 Å². The van der Waals surface area contributed by atoms with Crippen molar-refractivity contribution in [2.45, 2.75) is 26.9 Å². The smallest absolute Gasteiger partial charge is 0.339 e. The van der Waals surface area contributed by atoms with Crippen molar-refractivity contribution >= 4 is 41.0 Å². The lowest BCUT2D eigenvalue weighted by atomic mass is 10.1. The molecule has 7 heteroatoms. The van der Waals surface area contributed by atoms with E-state index in [9.17, 15) is 9.59 Å². The highest BCUT2D eigenvalue weighted by Crippen LogP contribution is 2.30. The number of hydrogen-bond donors (Lipinski definition) is 0. The Hall–Kier alpha value is -3.64. The summed E-state index contributed by atoms with van der Waals surface area (Å²) in [4.78, 5) is 25.2. The Morgan fingerprint density at radius 2 is 1.88 bits per heavy atom. The number of para-hydroxylation sites is 1. The monoisotopic (exact) mass is 448 g/mol. The fraction of sp³-hybridized carbons (Fsp3) is 0.160. The molecule has 2 aromatic carbocycles. The van der Waals surface area contributed by atoms with Gasteiger partial charge in [0.25, 0.3) is 5.91 Å². The second-order valence-electron chi connectivity index (χ2n) is 7.55. The first kappa shape index (κ1) is 21.6. The fourth-order valence-corrected chi connectivity index (χ4v) is 3.46. The van der Waals surface area contributed by atoms with Crippen LogP contribution in [0.15, 0.2) is 75.8 Å². The normalized spacial score (nSPS) is 14.9. The third-order valence-corrected chi connectivity index (χ3v) is 5.12. The number of carbonyl (C=O) groups is 2. The number of ether oxygens (including phenoxy) is 1. The number of amides is 1. The maximum absolute atomic E-state index is 12.9. The molecular weight excluding hydrogens is 428 g/mol. The fourth-order valence-electron chi connectivity index (χ4n) is 3.27. The van der Waals surface area contributed by atoms with Gasteiger partial charge in [-0.1, -0.05) is 29.8 Å². The van der Waals surface area contributed by atoms with Crippen LogP contribution >= 0.6 is 11.6 Å². The Morgan fingerprint density at radius 3 is 2.59 bits per heavy atom. The van der Waals surface area contributed by atoms with E-state index in [0.717, 1.165) is 0 Å². The number of benzene rings is 2. The molecule has 2 heterocycles.